The van der Waals surface area contributed by atoms with Gasteiger partial charge in [0.05, 0.1) is 11.5 Å². The molecule has 0 spiro atoms. The normalized spacial score (nSPS) is 35.4. The van der Waals surface area contributed by atoms with Crippen molar-refractivity contribution in [3.8, 4) is 6.07 Å². The fourth-order valence-electron chi connectivity index (χ4n) is 1.69. The van der Waals surface area contributed by atoms with E-state index in [1.54, 1.807) is 0 Å². The Morgan fingerprint density at radius 1 is 1.73 bits per heavy atom. The summed E-state index contributed by atoms with van der Waals surface area (Å²) >= 11 is 0. The molecule has 2 atom stereocenters. The first-order valence-corrected chi connectivity index (χ1v) is 4.26. The Hall–Kier alpha value is -0.550. The summed E-state index contributed by atoms with van der Waals surface area (Å²) in [6.45, 7) is 4.93. The minimum absolute atomic E-state index is 0.135. The van der Waals surface area contributed by atoms with Crippen molar-refractivity contribution in [1.29, 1.82) is 5.26 Å². The first-order valence-electron chi connectivity index (χ1n) is 4.26. The summed E-state index contributed by atoms with van der Waals surface area (Å²) in [5.41, 5.74) is 5.39. The highest BCUT2D eigenvalue weighted by atomic mass is 14.7. The van der Waals surface area contributed by atoms with Crippen molar-refractivity contribution in [2.24, 2.45) is 23.0 Å². The fourth-order valence-corrected chi connectivity index (χ4v) is 1.69. The molecule has 0 saturated heterocycles. The lowest BCUT2D eigenvalue weighted by Gasteiger charge is -2.06. The molecule has 0 aromatic heterocycles. The molecule has 0 heterocycles. The van der Waals surface area contributed by atoms with E-state index in [0.717, 1.165) is 12.8 Å². The summed E-state index contributed by atoms with van der Waals surface area (Å²) in [7, 11) is 0. The number of nitriles is 1. The summed E-state index contributed by atoms with van der Waals surface area (Å²) in [6, 6.07) is 2.33. The topological polar surface area (TPSA) is 49.8 Å². The molecule has 62 valence electrons. The molecule has 2 unspecified atom stereocenters. The van der Waals surface area contributed by atoms with E-state index in [0.29, 0.717) is 18.4 Å². The zero-order valence-corrected chi connectivity index (χ0v) is 7.30. The fraction of sp³-hybridized carbons (Fsp3) is 0.889. The third kappa shape index (κ3) is 1.54. The van der Waals surface area contributed by atoms with E-state index in [1.165, 1.54) is 0 Å². The van der Waals surface area contributed by atoms with Crippen molar-refractivity contribution in [2.45, 2.75) is 26.7 Å². The van der Waals surface area contributed by atoms with E-state index in [2.05, 4.69) is 19.9 Å². The zero-order chi connectivity index (χ0) is 8.48. The third-order valence-corrected chi connectivity index (χ3v) is 2.57. The lowest BCUT2D eigenvalue weighted by atomic mass is 9.99. The summed E-state index contributed by atoms with van der Waals surface area (Å²) in [5, 5.41) is 8.81. The highest BCUT2D eigenvalue weighted by Crippen LogP contribution is 2.54. The summed E-state index contributed by atoms with van der Waals surface area (Å²) < 4.78 is 0. The molecule has 0 amide bonds. The van der Waals surface area contributed by atoms with E-state index in [4.69, 9.17) is 11.0 Å². The second-order valence-electron chi connectivity index (χ2n) is 4.00. The molecule has 0 aromatic carbocycles. The molecule has 0 bridgehead atoms. The number of hydrogen-bond acceptors (Lipinski definition) is 2. The first kappa shape index (κ1) is 8.55. The Balaban J connectivity index is 2.40. The monoisotopic (exact) mass is 152 g/mol. The maximum atomic E-state index is 8.81. The quantitative estimate of drug-likeness (QED) is 0.666. The number of nitrogens with zero attached hydrogens (tertiary/aromatic N) is 1. The molecule has 11 heavy (non-hydrogen) atoms. The van der Waals surface area contributed by atoms with E-state index in [1.807, 2.05) is 0 Å². The van der Waals surface area contributed by atoms with Crippen LogP contribution in [-0.2, 0) is 0 Å². The van der Waals surface area contributed by atoms with Gasteiger partial charge in [0.25, 0.3) is 0 Å². The molecule has 1 fully saturated rings. The van der Waals surface area contributed by atoms with Gasteiger partial charge < -0.3 is 5.73 Å². The van der Waals surface area contributed by atoms with Crippen molar-refractivity contribution in [1.82, 2.24) is 0 Å². The minimum atomic E-state index is -0.135. The Labute approximate surface area is 68.4 Å². The van der Waals surface area contributed by atoms with Gasteiger partial charge in [0.2, 0.25) is 0 Å². The summed E-state index contributed by atoms with van der Waals surface area (Å²) in [6.07, 6.45) is 2.18. The van der Waals surface area contributed by atoms with Crippen LogP contribution >= 0.6 is 0 Å². The molecular formula is C9H16N2. The van der Waals surface area contributed by atoms with Crippen LogP contribution in [0.15, 0.2) is 0 Å². The van der Waals surface area contributed by atoms with Gasteiger partial charge in [-0.15, -0.1) is 0 Å². The van der Waals surface area contributed by atoms with Gasteiger partial charge in [-0.05, 0) is 24.7 Å². The Kier molecular flexibility index (Phi) is 2.20. The second kappa shape index (κ2) is 2.83. The largest absolute Gasteiger partial charge is 0.329 e. The Bertz CT molecular complexity index is 180. The van der Waals surface area contributed by atoms with Crippen LogP contribution in [0.1, 0.15) is 26.7 Å². The summed E-state index contributed by atoms with van der Waals surface area (Å²) in [5.74, 6) is 1.28. The third-order valence-electron chi connectivity index (χ3n) is 2.57. The van der Waals surface area contributed by atoms with Crippen LogP contribution in [0.25, 0.3) is 0 Å². The Morgan fingerprint density at radius 3 is 2.64 bits per heavy atom. The van der Waals surface area contributed by atoms with Crippen LogP contribution in [0.5, 0.6) is 0 Å². The highest BCUT2D eigenvalue weighted by Gasteiger charge is 2.53. The van der Waals surface area contributed by atoms with E-state index >= 15 is 0 Å². The molecule has 0 radical (unpaired) electrons. The van der Waals surface area contributed by atoms with Crippen LogP contribution in [0, 0.1) is 28.6 Å². The van der Waals surface area contributed by atoms with Gasteiger partial charge in [0.1, 0.15) is 0 Å². The maximum Gasteiger partial charge on any atom is 0.0727 e. The van der Waals surface area contributed by atoms with E-state index in [9.17, 15) is 0 Å². The average Bonchev–Trinajstić information content (AvgIpc) is 2.63. The molecule has 1 aliphatic carbocycles. The van der Waals surface area contributed by atoms with Crippen molar-refractivity contribution in [3.05, 3.63) is 0 Å². The van der Waals surface area contributed by atoms with Gasteiger partial charge >= 0.3 is 0 Å². The molecule has 0 aromatic rings. The summed E-state index contributed by atoms with van der Waals surface area (Å²) in [4.78, 5) is 0. The lowest BCUT2D eigenvalue weighted by molar-refractivity contribution is 0.478. The van der Waals surface area contributed by atoms with Gasteiger partial charge in [0.15, 0.2) is 0 Å². The van der Waals surface area contributed by atoms with Crippen LogP contribution < -0.4 is 5.73 Å². The van der Waals surface area contributed by atoms with Gasteiger partial charge in [-0.2, -0.15) is 5.26 Å². The molecule has 1 aliphatic rings. The van der Waals surface area contributed by atoms with Crippen molar-refractivity contribution in [2.75, 3.05) is 6.54 Å². The van der Waals surface area contributed by atoms with Gasteiger partial charge in [0, 0.05) is 6.54 Å². The zero-order valence-electron chi connectivity index (χ0n) is 7.30. The van der Waals surface area contributed by atoms with Crippen molar-refractivity contribution < 1.29 is 0 Å². The first-order chi connectivity index (χ1) is 5.14. The predicted octanol–water partition coefficient (Wildman–Crippen LogP) is 1.52. The minimum Gasteiger partial charge on any atom is -0.329 e. The highest BCUT2D eigenvalue weighted by molar-refractivity contribution is 5.16. The standard InChI is InChI=1S/C9H16N2/c1-7(2)3-8-4-9(8,5-10)6-11/h7-8H,3-5,10H2,1-2H3. The van der Waals surface area contributed by atoms with Gasteiger partial charge in [-0.25, -0.2) is 0 Å². The van der Waals surface area contributed by atoms with E-state index < -0.39 is 0 Å². The molecular weight excluding hydrogens is 136 g/mol. The molecule has 1 saturated carbocycles. The number of nitrogens with two attached hydrogens (primary N) is 1. The van der Waals surface area contributed by atoms with E-state index in [-0.39, 0.29) is 5.41 Å². The maximum absolute atomic E-state index is 8.81. The molecule has 0 aliphatic heterocycles. The van der Waals surface area contributed by atoms with Crippen LogP contribution in [0.4, 0.5) is 0 Å². The van der Waals surface area contributed by atoms with Crippen molar-refractivity contribution in [3.63, 3.8) is 0 Å². The number of rotatable bonds is 3. The van der Waals surface area contributed by atoms with Crippen LogP contribution in [0.2, 0.25) is 0 Å². The average molecular weight is 152 g/mol. The lowest BCUT2D eigenvalue weighted by Crippen LogP contribution is -2.16. The van der Waals surface area contributed by atoms with Gasteiger partial charge in [-0.3, -0.25) is 0 Å². The van der Waals surface area contributed by atoms with Crippen LogP contribution in [0.3, 0.4) is 0 Å². The number of hydrogen-bond donors (Lipinski definition) is 1. The molecule has 2 N–H and O–H groups in total. The SMILES string of the molecule is CC(C)CC1CC1(C#N)CN. The Morgan fingerprint density at radius 2 is 2.36 bits per heavy atom. The second-order valence-corrected chi connectivity index (χ2v) is 4.00. The predicted molar refractivity (Wildman–Crippen MR) is 44.7 cm³/mol. The molecule has 2 heteroatoms. The smallest absolute Gasteiger partial charge is 0.0727 e. The molecule has 2 nitrogen and oxygen atoms in total. The van der Waals surface area contributed by atoms with Crippen LogP contribution in [-0.4, -0.2) is 6.54 Å². The van der Waals surface area contributed by atoms with Gasteiger partial charge in [-0.1, -0.05) is 13.8 Å². The molecule has 1 rings (SSSR count). The van der Waals surface area contributed by atoms with Crippen molar-refractivity contribution >= 4 is 0 Å².